The lowest BCUT2D eigenvalue weighted by molar-refractivity contribution is 0.704. The van der Waals surface area contributed by atoms with Crippen LogP contribution in [0.5, 0.6) is 0 Å². The van der Waals surface area contributed by atoms with Crippen molar-refractivity contribution in [1.82, 2.24) is 9.55 Å². The summed E-state index contributed by atoms with van der Waals surface area (Å²) in [5, 5.41) is 0.727. The van der Waals surface area contributed by atoms with Crippen LogP contribution in [-0.2, 0) is 13.1 Å². The van der Waals surface area contributed by atoms with Crippen molar-refractivity contribution < 1.29 is 0 Å². The van der Waals surface area contributed by atoms with E-state index in [-0.39, 0.29) is 0 Å². The summed E-state index contributed by atoms with van der Waals surface area (Å²) in [5.74, 6) is 0.962. The van der Waals surface area contributed by atoms with Gasteiger partial charge in [-0.05, 0) is 36.2 Å². The van der Waals surface area contributed by atoms with E-state index >= 15 is 0 Å². The Bertz CT molecular complexity index is 777. The molecule has 0 unspecified atom stereocenters. The molecule has 0 fully saturated rings. The Labute approximate surface area is 129 Å². The van der Waals surface area contributed by atoms with Crippen molar-refractivity contribution >= 4 is 22.6 Å². The number of halogens is 1. The Morgan fingerprint density at radius 1 is 1.19 bits per heavy atom. The monoisotopic (exact) mass is 299 g/mol. The number of nitrogens with zero attached hydrogens (tertiary/aromatic N) is 2. The zero-order valence-electron chi connectivity index (χ0n) is 12.0. The molecule has 0 atom stereocenters. The lowest BCUT2D eigenvalue weighted by atomic mass is 10.2. The Hall–Kier alpha value is -1.84. The molecular weight excluding hydrogens is 282 g/mol. The van der Waals surface area contributed by atoms with Gasteiger partial charge in [-0.25, -0.2) is 4.98 Å². The van der Waals surface area contributed by atoms with E-state index in [1.165, 1.54) is 0 Å². The van der Waals surface area contributed by atoms with Crippen LogP contribution >= 0.6 is 11.6 Å². The summed E-state index contributed by atoms with van der Waals surface area (Å²) in [7, 11) is 0. The Morgan fingerprint density at radius 3 is 2.76 bits per heavy atom. The van der Waals surface area contributed by atoms with E-state index in [4.69, 9.17) is 22.3 Å². The van der Waals surface area contributed by atoms with Crippen LogP contribution in [0.3, 0.4) is 0 Å². The van der Waals surface area contributed by atoms with Crippen LogP contribution in [0.2, 0.25) is 5.02 Å². The number of imidazole rings is 1. The summed E-state index contributed by atoms with van der Waals surface area (Å²) in [5.41, 5.74) is 9.99. The van der Waals surface area contributed by atoms with E-state index in [1.54, 1.807) is 0 Å². The molecule has 0 spiro atoms. The number of nitrogens with two attached hydrogens (primary N) is 1. The molecule has 3 aromatic rings. The molecule has 3 nitrogen and oxygen atoms in total. The summed E-state index contributed by atoms with van der Waals surface area (Å²) < 4.78 is 2.25. The molecule has 1 aromatic heterocycles. The first-order valence-electron chi connectivity index (χ1n) is 7.18. The molecule has 0 aliphatic heterocycles. The van der Waals surface area contributed by atoms with Crippen LogP contribution in [0.25, 0.3) is 22.4 Å². The van der Waals surface area contributed by atoms with Crippen LogP contribution in [0.15, 0.2) is 42.5 Å². The van der Waals surface area contributed by atoms with Crippen molar-refractivity contribution in [1.29, 1.82) is 0 Å². The third-order valence-electron chi connectivity index (χ3n) is 3.58. The summed E-state index contributed by atoms with van der Waals surface area (Å²) in [6.45, 7) is 3.63. The molecule has 4 heteroatoms. The van der Waals surface area contributed by atoms with E-state index in [9.17, 15) is 0 Å². The maximum atomic E-state index is 6.12. The van der Waals surface area contributed by atoms with E-state index in [1.807, 2.05) is 24.3 Å². The maximum Gasteiger partial charge on any atom is 0.141 e. The molecule has 0 radical (unpaired) electrons. The van der Waals surface area contributed by atoms with Gasteiger partial charge < -0.3 is 10.3 Å². The highest BCUT2D eigenvalue weighted by Crippen LogP contribution is 2.27. The molecular formula is C17H18ClN3. The molecule has 0 amide bonds. The fourth-order valence-corrected chi connectivity index (χ4v) is 2.79. The predicted molar refractivity (Wildman–Crippen MR) is 88.4 cm³/mol. The summed E-state index contributed by atoms with van der Waals surface area (Å²) in [6.07, 6.45) is 1.05. The van der Waals surface area contributed by atoms with Crippen molar-refractivity contribution in [2.45, 2.75) is 26.4 Å². The van der Waals surface area contributed by atoms with Gasteiger partial charge in [0.15, 0.2) is 0 Å². The molecule has 2 aromatic carbocycles. The lowest BCUT2D eigenvalue weighted by Crippen LogP contribution is -2.00. The number of hydrogen-bond donors (Lipinski definition) is 1. The van der Waals surface area contributed by atoms with E-state index in [2.05, 4.69) is 29.7 Å². The van der Waals surface area contributed by atoms with Gasteiger partial charge in [0.25, 0.3) is 0 Å². The Morgan fingerprint density at radius 2 is 2.05 bits per heavy atom. The molecule has 3 rings (SSSR count). The standard InChI is InChI=1S/C17H18ClN3/c1-2-8-21-16-7-6-12(11-19)9-15(16)20-17(21)13-4-3-5-14(18)10-13/h3-7,9-10H,2,8,11,19H2,1H3. The number of fused-ring (bicyclic) bond motifs is 1. The zero-order valence-corrected chi connectivity index (χ0v) is 12.8. The highest BCUT2D eigenvalue weighted by atomic mass is 35.5. The molecule has 0 aliphatic rings. The third-order valence-corrected chi connectivity index (χ3v) is 3.81. The van der Waals surface area contributed by atoms with Gasteiger partial charge in [0, 0.05) is 23.7 Å². The molecule has 0 saturated carbocycles. The molecule has 0 aliphatic carbocycles. The van der Waals surface area contributed by atoms with Gasteiger partial charge in [-0.1, -0.05) is 36.7 Å². The van der Waals surface area contributed by atoms with Gasteiger partial charge in [-0.2, -0.15) is 0 Å². The fourth-order valence-electron chi connectivity index (χ4n) is 2.60. The van der Waals surface area contributed by atoms with E-state index in [0.29, 0.717) is 6.54 Å². The number of aryl methyl sites for hydroxylation is 1. The topological polar surface area (TPSA) is 43.8 Å². The van der Waals surface area contributed by atoms with E-state index in [0.717, 1.165) is 46.0 Å². The van der Waals surface area contributed by atoms with Crippen LogP contribution in [0.1, 0.15) is 18.9 Å². The van der Waals surface area contributed by atoms with Crippen LogP contribution in [-0.4, -0.2) is 9.55 Å². The first-order chi connectivity index (χ1) is 10.2. The van der Waals surface area contributed by atoms with Gasteiger partial charge in [-0.3, -0.25) is 0 Å². The largest absolute Gasteiger partial charge is 0.326 e. The SMILES string of the molecule is CCCn1c(-c2cccc(Cl)c2)nc2cc(CN)ccc21. The molecule has 108 valence electrons. The smallest absolute Gasteiger partial charge is 0.141 e. The molecule has 1 heterocycles. The highest BCUT2D eigenvalue weighted by Gasteiger charge is 2.12. The number of rotatable bonds is 4. The summed E-state index contributed by atoms with van der Waals surface area (Å²) in [4.78, 5) is 4.80. The van der Waals surface area contributed by atoms with E-state index < -0.39 is 0 Å². The minimum absolute atomic E-state index is 0.531. The minimum atomic E-state index is 0.531. The van der Waals surface area contributed by atoms with Crippen LogP contribution < -0.4 is 5.73 Å². The van der Waals surface area contributed by atoms with Gasteiger partial charge >= 0.3 is 0 Å². The molecule has 0 bridgehead atoms. The van der Waals surface area contributed by atoms with Gasteiger partial charge in [-0.15, -0.1) is 0 Å². The maximum absolute atomic E-state index is 6.12. The summed E-state index contributed by atoms with van der Waals surface area (Å²) in [6, 6.07) is 14.1. The van der Waals surface area contributed by atoms with Crippen molar-refractivity contribution in [3.8, 4) is 11.4 Å². The number of benzene rings is 2. The number of aromatic nitrogens is 2. The average molecular weight is 300 g/mol. The Kier molecular flexibility index (Phi) is 3.95. The molecule has 0 saturated heterocycles. The second kappa shape index (κ2) is 5.88. The van der Waals surface area contributed by atoms with Crippen molar-refractivity contribution in [3.05, 3.63) is 53.1 Å². The summed E-state index contributed by atoms with van der Waals surface area (Å²) >= 11 is 6.12. The molecule has 2 N–H and O–H groups in total. The van der Waals surface area contributed by atoms with Crippen molar-refractivity contribution in [2.75, 3.05) is 0 Å². The first kappa shape index (κ1) is 14.1. The van der Waals surface area contributed by atoms with Crippen LogP contribution in [0.4, 0.5) is 0 Å². The Balaban J connectivity index is 2.23. The van der Waals surface area contributed by atoms with Gasteiger partial charge in [0.05, 0.1) is 11.0 Å². The van der Waals surface area contributed by atoms with Gasteiger partial charge in [0.1, 0.15) is 5.82 Å². The van der Waals surface area contributed by atoms with Crippen LogP contribution in [0, 0.1) is 0 Å². The first-order valence-corrected chi connectivity index (χ1v) is 7.56. The van der Waals surface area contributed by atoms with Crippen molar-refractivity contribution in [2.24, 2.45) is 5.73 Å². The zero-order chi connectivity index (χ0) is 14.8. The second-order valence-electron chi connectivity index (χ2n) is 5.12. The highest BCUT2D eigenvalue weighted by molar-refractivity contribution is 6.30. The average Bonchev–Trinajstić information content (AvgIpc) is 2.85. The second-order valence-corrected chi connectivity index (χ2v) is 5.56. The van der Waals surface area contributed by atoms with Gasteiger partial charge in [0.2, 0.25) is 0 Å². The molecule has 21 heavy (non-hydrogen) atoms. The predicted octanol–water partition coefficient (Wildman–Crippen LogP) is 4.23. The minimum Gasteiger partial charge on any atom is -0.326 e. The normalized spacial score (nSPS) is 11.2. The lowest BCUT2D eigenvalue weighted by Gasteiger charge is -2.08. The van der Waals surface area contributed by atoms with Crippen molar-refractivity contribution in [3.63, 3.8) is 0 Å². The fraction of sp³-hybridized carbons (Fsp3) is 0.235. The number of hydrogen-bond acceptors (Lipinski definition) is 2. The quantitative estimate of drug-likeness (QED) is 0.783. The third kappa shape index (κ3) is 2.67.